The van der Waals surface area contributed by atoms with Crippen molar-refractivity contribution in [3.05, 3.63) is 39.4 Å². The molecule has 0 unspecified atom stereocenters. The highest BCUT2D eigenvalue weighted by molar-refractivity contribution is 7.11. The first-order chi connectivity index (χ1) is 10.1. The Morgan fingerprint density at radius 2 is 2.10 bits per heavy atom. The van der Waals surface area contributed by atoms with Crippen molar-refractivity contribution in [1.29, 1.82) is 0 Å². The molecule has 2 heterocycles. The molecule has 0 saturated heterocycles. The highest BCUT2D eigenvalue weighted by Crippen LogP contribution is 2.27. The van der Waals surface area contributed by atoms with Crippen LogP contribution in [0.15, 0.2) is 12.4 Å². The fraction of sp³-hybridized carbons (Fsp3) is 0.467. The van der Waals surface area contributed by atoms with Gasteiger partial charge < -0.3 is 4.90 Å². The van der Waals surface area contributed by atoms with E-state index in [1.165, 1.54) is 29.6 Å². The van der Waals surface area contributed by atoms with E-state index < -0.39 is 0 Å². The maximum Gasteiger partial charge on any atom is 0.274 e. The van der Waals surface area contributed by atoms with Gasteiger partial charge in [-0.15, -0.1) is 11.3 Å². The van der Waals surface area contributed by atoms with E-state index in [9.17, 15) is 4.79 Å². The number of rotatable bonds is 3. The third-order valence-corrected chi connectivity index (χ3v) is 4.75. The molecule has 0 fully saturated rings. The molecule has 1 aliphatic carbocycles. The van der Waals surface area contributed by atoms with E-state index in [2.05, 4.69) is 15.0 Å². The Balaban J connectivity index is 1.70. The molecule has 3 rings (SSSR count). The summed E-state index contributed by atoms with van der Waals surface area (Å²) in [4.78, 5) is 28.3. The molecule has 5 nitrogen and oxygen atoms in total. The largest absolute Gasteiger partial charge is 0.334 e. The molecular weight excluding hydrogens is 284 g/mol. The number of carbonyl (C=O) groups excluding carboxylic acids is 1. The van der Waals surface area contributed by atoms with Crippen molar-refractivity contribution in [3.63, 3.8) is 0 Å². The van der Waals surface area contributed by atoms with Gasteiger partial charge in [0, 0.05) is 18.1 Å². The molecule has 0 atom stereocenters. The Kier molecular flexibility index (Phi) is 3.96. The minimum atomic E-state index is -0.115. The van der Waals surface area contributed by atoms with Gasteiger partial charge in [0.1, 0.15) is 10.7 Å². The molecule has 1 amide bonds. The normalized spacial score (nSPS) is 13.8. The van der Waals surface area contributed by atoms with Crippen LogP contribution in [-0.2, 0) is 19.4 Å². The molecule has 2 aromatic heterocycles. The molecule has 1 aliphatic rings. The fourth-order valence-electron chi connectivity index (χ4n) is 2.45. The first kappa shape index (κ1) is 14.1. The number of thiazole rings is 1. The topological polar surface area (TPSA) is 59.0 Å². The molecule has 6 heteroatoms. The van der Waals surface area contributed by atoms with Crippen LogP contribution in [0.5, 0.6) is 0 Å². The number of amides is 1. The predicted octanol–water partition coefficient (Wildman–Crippen LogP) is 2.39. The van der Waals surface area contributed by atoms with Crippen LogP contribution in [0.4, 0.5) is 0 Å². The second-order valence-corrected chi connectivity index (χ2v) is 6.56. The van der Waals surface area contributed by atoms with Gasteiger partial charge in [0.05, 0.1) is 24.1 Å². The van der Waals surface area contributed by atoms with Gasteiger partial charge in [-0.25, -0.2) is 9.97 Å². The summed E-state index contributed by atoms with van der Waals surface area (Å²) < 4.78 is 0. The minimum absolute atomic E-state index is 0.115. The summed E-state index contributed by atoms with van der Waals surface area (Å²) in [7, 11) is 1.78. The van der Waals surface area contributed by atoms with Crippen molar-refractivity contribution in [2.75, 3.05) is 7.05 Å². The molecule has 0 bridgehead atoms. The summed E-state index contributed by atoms with van der Waals surface area (Å²) in [6.45, 7) is 2.39. The van der Waals surface area contributed by atoms with Gasteiger partial charge in [-0.05, 0) is 32.6 Å². The van der Waals surface area contributed by atoms with E-state index >= 15 is 0 Å². The highest BCUT2D eigenvalue weighted by Gasteiger charge is 2.19. The molecule has 2 aromatic rings. The minimum Gasteiger partial charge on any atom is -0.334 e. The summed E-state index contributed by atoms with van der Waals surface area (Å²) in [5.74, 6) is -0.115. The zero-order chi connectivity index (χ0) is 14.8. The number of hydrogen-bond acceptors (Lipinski definition) is 5. The summed E-state index contributed by atoms with van der Waals surface area (Å²) in [6.07, 6.45) is 7.83. The van der Waals surface area contributed by atoms with Crippen LogP contribution in [0.25, 0.3) is 0 Å². The molecule has 21 heavy (non-hydrogen) atoms. The van der Waals surface area contributed by atoms with Crippen molar-refractivity contribution in [1.82, 2.24) is 19.9 Å². The van der Waals surface area contributed by atoms with Gasteiger partial charge in [0.25, 0.3) is 5.91 Å². The van der Waals surface area contributed by atoms with Crippen molar-refractivity contribution >= 4 is 17.2 Å². The number of fused-ring (bicyclic) bond motifs is 1. The highest BCUT2D eigenvalue weighted by atomic mass is 32.1. The number of aryl methyl sites for hydroxylation is 3. The smallest absolute Gasteiger partial charge is 0.274 e. The fourth-order valence-corrected chi connectivity index (χ4v) is 3.66. The molecule has 0 N–H and O–H groups in total. The van der Waals surface area contributed by atoms with Crippen molar-refractivity contribution in [3.8, 4) is 0 Å². The lowest BCUT2D eigenvalue weighted by molar-refractivity contribution is 0.0778. The third kappa shape index (κ3) is 3.10. The quantitative estimate of drug-likeness (QED) is 0.873. The summed E-state index contributed by atoms with van der Waals surface area (Å²) in [6, 6.07) is 0. The monoisotopic (exact) mass is 302 g/mol. The Morgan fingerprint density at radius 1 is 1.29 bits per heavy atom. The lowest BCUT2D eigenvalue weighted by Gasteiger charge is -2.14. The average Bonchev–Trinajstić information content (AvgIpc) is 2.89. The summed E-state index contributed by atoms with van der Waals surface area (Å²) in [5, 5.41) is 1.01. The van der Waals surface area contributed by atoms with Gasteiger partial charge in [-0.1, -0.05) is 0 Å². The van der Waals surface area contributed by atoms with Gasteiger partial charge in [-0.3, -0.25) is 9.78 Å². The maximum absolute atomic E-state index is 12.3. The van der Waals surface area contributed by atoms with Crippen LogP contribution < -0.4 is 0 Å². The summed E-state index contributed by atoms with van der Waals surface area (Å²) in [5.41, 5.74) is 2.42. The number of nitrogens with zero attached hydrogens (tertiary/aromatic N) is 4. The van der Waals surface area contributed by atoms with Gasteiger partial charge >= 0.3 is 0 Å². The number of carbonyl (C=O) groups is 1. The molecule has 110 valence electrons. The standard InChI is InChI=1S/C15H18N4OS/c1-10-7-17-12(8-16-10)15(20)19(2)9-14-18-11-5-3-4-6-13(11)21-14/h7-8H,3-6,9H2,1-2H3. The van der Waals surface area contributed by atoms with Crippen LogP contribution in [0.3, 0.4) is 0 Å². The van der Waals surface area contributed by atoms with E-state index in [-0.39, 0.29) is 5.91 Å². The Morgan fingerprint density at radius 3 is 2.81 bits per heavy atom. The average molecular weight is 302 g/mol. The summed E-state index contributed by atoms with van der Waals surface area (Å²) >= 11 is 1.74. The van der Waals surface area contributed by atoms with Crippen molar-refractivity contribution in [2.45, 2.75) is 39.2 Å². The number of aromatic nitrogens is 3. The lowest BCUT2D eigenvalue weighted by atomic mass is 10.0. The second kappa shape index (κ2) is 5.89. The van der Waals surface area contributed by atoms with Gasteiger partial charge in [0.2, 0.25) is 0 Å². The Labute approximate surface area is 128 Å². The Hall–Kier alpha value is -1.82. The molecule has 0 spiro atoms. The SMILES string of the molecule is Cc1cnc(C(=O)N(C)Cc2nc3c(s2)CCCC3)cn1. The zero-order valence-electron chi connectivity index (χ0n) is 12.3. The van der Waals surface area contributed by atoms with E-state index in [4.69, 9.17) is 0 Å². The predicted molar refractivity (Wildman–Crippen MR) is 81.3 cm³/mol. The molecule has 0 aromatic carbocycles. The zero-order valence-corrected chi connectivity index (χ0v) is 13.1. The molecular formula is C15H18N4OS. The van der Waals surface area contributed by atoms with E-state index in [0.717, 1.165) is 23.5 Å². The molecule has 0 radical (unpaired) electrons. The van der Waals surface area contributed by atoms with E-state index in [0.29, 0.717) is 12.2 Å². The van der Waals surface area contributed by atoms with Crippen molar-refractivity contribution < 1.29 is 4.79 Å². The first-order valence-electron chi connectivity index (χ1n) is 7.15. The van der Waals surface area contributed by atoms with Crippen LogP contribution in [0.1, 0.15) is 44.6 Å². The van der Waals surface area contributed by atoms with Gasteiger partial charge in [-0.2, -0.15) is 0 Å². The number of hydrogen-bond donors (Lipinski definition) is 0. The second-order valence-electron chi connectivity index (χ2n) is 5.39. The first-order valence-corrected chi connectivity index (χ1v) is 7.96. The van der Waals surface area contributed by atoms with Crippen molar-refractivity contribution in [2.24, 2.45) is 0 Å². The van der Waals surface area contributed by atoms with Gasteiger partial charge in [0.15, 0.2) is 0 Å². The van der Waals surface area contributed by atoms with Crippen LogP contribution in [0.2, 0.25) is 0 Å². The third-order valence-electron chi connectivity index (χ3n) is 3.61. The molecule has 0 aliphatic heterocycles. The van der Waals surface area contributed by atoms with Crippen LogP contribution in [0, 0.1) is 6.92 Å². The van der Waals surface area contributed by atoms with E-state index in [1.54, 1.807) is 29.5 Å². The molecule has 0 saturated carbocycles. The van der Waals surface area contributed by atoms with Crippen LogP contribution >= 0.6 is 11.3 Å². The lowest BCUT2D eigenvalue weighted by Crippen LogP contribution is -2.27. The Bertz CT molecular complexity index is 627. The maximum atomic E-state index is 12.3. The van der Waals surface area contributed by atoms with E-state index in [1.807, 2.05) is 6.92 Å². The van der Waals surface area contributed by atoms with Crippen LogP contribution in [-0.4, -0.2) is 32.8 Å².